The molecule has 19 heavy (non-hydrogen) atoms. The zero-order valence-electron chi connectivity index (χ0n) is 10.2. The van der Waals surface area contributed by atoms with Crippen molar-refractivity contribution in [2.75, 3.05) is 0 Å². The summed E-state index contributed by atoms with van der Waals surface area (Å²) < 4.78 is 39.7. The molecule has 0 saturated heterocycles. The van der Waals surface area contributed by atoms with Crippen LogP contribution in [0.15, 0.2) is 24.4 Å². The second-order valence-corrected chi connectivity index (χ2v) is 4.39. The Balaban J connectivity index is 2.49. The molecule has 0 spiro atoms. The predicted molar refractivity (Wildman–Crippen MR) is 63.9 cm³/mol. The zero-order valence-corrected chi connectivity index (χ0v) is 10.2. The molecule has 102 valence electrons. The van der Waals surface area contributed by atoms with Crippen LogP contribution in [0.2, 0.25) is 0 Å². The number of rotatable bonds is 3. The van der Waals surface area contributed by atoms with Crippen LogP contribution in [-0.4, -0.2) is 15.6 Å². The minimum atomic E-state index is -4.39. The predicted octanol–water partition coefficient (Wildman–Crippen LogP) is 3.21. The quantitative estimate of drug-likeness (QED) is 0.931. The lowest BCUT2D eigenvalue weighted by molar-refractivity contribution is -0.138. The third-order valence-corrected chi connectivity index (χ3v) is 3.01. The van der Waals surface area contributed by atoms with Crippen LogP contribution in [0.1, 0.15) is 17.5 Å². The Kier molecular flexibility index (Phi) is 3.26. The molecule has 0 fully saturated rings. The van der Waals surface area contributed by atoms with Crippen LogP contribution in [0.25, 0.3) is 10.9 Å². The van der Waals surface area contributed by atoms with Gasteiger partial charge < -0.3 is 9.67 Å². The zero-order chi connectivity index (χ0) is 14.2. The molecule has 1 aromatic heterocycles. The second-order valence-electron chi connectivity index (χ2n) is 4.39. The van der Waals surface area contributed by atoms with Crippen molar-refractivity contribution < 1.29 is 23.1 Å². The van der Waals surface area contributed by atoms with Crippen LogP contribution < -0.4 is 0 Å². The first-order valence-electron chi connectivity index (χ1n) is 5.66. The van der Waals surface area contributed by atoms with Gasteiger partial charge in [-0.15, -0.1) is 0 Å². The molecule has 0 unspecified atom stereocenters. The fourth-order valence-electron chi connectivity index (χ4n) is 2.09. The highest BCUT2D eigenvalue weighted by atomic mass is 19.4. The van der Waals surface area contributed by atoms with Gasteiger partial charge in [0.25, 0.3) is 0 Å². The molecule has 0 aliphatic heterocycles. The maximum absolute atomic E-state index is 12.7. The second kappa shape index (κ2) is 4.60. The van der Waals surface area contributed by atoms with Gasteiger partial charge in [-0.2, -0.15) is 13.2 Å². The number of alkyl halides is 3. The first-order chi connectivity index (χ1) is 8.79. The van der Waals surface area contributed by atoms with Crippen molar-refractivity contribution in [1.82, 2.24) is 4.57 Å². The molecule has 0 amide bonds. The summed E-state index contributed by atoms with van der Waals surface area (Å²) in [5, 5.41) is 9.11. The maximum Gasteiger partial charge on any atom is 0.416 e. The lowest BCUT2D eigenvalue weighted by Crippen LogP contribution is -2.04. The van der Waals surface area contributed by atoms with Crippen LogP contribution in [0, 0.1) is 0 Å². The van der Waals surface area contributed by atoms with Gasteiger partial charge in [-0.1, -0.05) is 0 Å². The van der Waals surface area contributed by atoms with E-state index in [1.807, 2.05) is 0 Å². The average molecular weight is 271 g/mol. The molecule has 2 aromatic rings. The number of carboxylic acids is 1. The Morgan fingerprint density at radius 3 is 2.63 bits per heavy atom. The maximum atomic E-state index is 12.7. The SMILES string of the molecule is Cn1cc(CCC(=O)O)c2cc(C(F)(F)F)ccc21. The molecule has 1 aromatic carbocycles. The van der Waals surface area contributed by atoms with Gasteiger partial charge in [-0.05, 0) is 30.2 Å². The summed E-state index contributed by atoms with van der Waals surface area (Å²) >= 11 is 0. The van der Waals surface area contributed by atoms with Gasteiger partial charge in [0.05, 0.1) is 5.56 Å². The van der Waals surface area contributed by atoms with Crippen molar-refractivity contribution in [2.45, 2.75) is 19.0 Å². The molecule has 0 aliphatic rings. The van der Waals surface area contributed by atoms with Crippen molar-refractivity contribution in [1.29, 1.82) is 0 Å². The van der Waals surface area contributed by atoms with Crippen molar-refractivity contribution in [3.8, 4) is 0 Å². The average Bonchev–Trinajstić information content (AvgIpc) is 2.62. The van der Waals surface area contributed by atoms with Gasteiger partial charge in [-0.3, -0.25) is 4.79 Å². The number of aromatic nitrogens is 1. The molecular formula is C13H12F3NO2. The fourth-order valence-corrected chi connectivity index (χ4v) is 2.09. The number of aliphatic carboxylic acids is 1. The van der Waals surface area contributed by atoms with Crippen molar-refractivity contribution in [2.24, 2.45) is 7.05 Å². The minimum absolute atomic E-state index is 0.102. The topological polar surface area (TPSA) is 42.2 Å². The van der Waals surface area contributed by atoms with Gasteiger partial charge in [-0.25, -0.2) is 0 Å². The van der Waals surface area contributed by atoms with Crippen LogP contribution in [0.4, 0.5) is 13.2 Å². The first-order valence-corrected chi connectivity index (χ1v) is 5.66. The van der Waals surface area contributed by atoms with E-state index in [0.29, 0.717) is 16.5 Å². The first kappa shape index (κ1) is 13.5. The van der Waals surface area contributed by atoms with E-state index in [2.05, 4.69) is 0 Å². The summed E-state index contributed by atoms with van der Waals surface area (Å²) in [5.74, 6) is -0.969. The molecule has 0 atom stereocenters. The van der Waals surface area contributed by atoms with E-state index in [9.17, 15) is 18.0 Å². The van der Waals surface area contributed by atoms with Crippen molar-refractivity contribution in [3.05, 3.63) is 35.5 Å². The molecule has 6 heteroatoms. The van der Waals surface area contributed by atoms with E-state index in [1.165, 1.54) is 6.07 Å². The van der Waals surface area contributed by atoms with Crippen LogP contribution in [-0.2, 0) is 24.4 Å². The number of halogens is 3. The number of carbonyl (C=O) groups is 1. The number of hydrogen-bond donors (Lipinski definition) is 1. The van der Waals surface area contributed by atoms with E-state index < -0.39 is 17.7 Å². The normalized spacial score (nSPS) is 12.0. The van der Waals surface area contributed by atoms with Crippen molar-refractivity contribution in [3.63, 3.8) is 0 Å². The smallest absolute Gasteiger partial charge is 0.416 e. The summed E-state index contributed by atoms with van der Waals surface area (Å²) in [7, 11) is 1.72. The summed E-state index contributed by atoms with van der Waals surface area (Å²) in [4.78, 5) is 10.6. The highest BCUT2D eigenvalue weighted by Gasteiger charge is 2.30. The number of carboxylic acid groups (broad SMARTS) is 1. The molecule has 0 radical (unpaired) electrons. The largest absolute Gasteiger partial charge is 0.481 e. The third kappa shape index (κ3) is 2.72. The number of fused-ring (bicyclic) bond motifs is 1. The van der Waals surface area contributed by atoms with Crippen LogP contribution >= 0.6 is 0 Å². The van der Waals surface area contributed by atoms with Crippen LogP contribution in [0.5, 0.6) is 0 Å². The number of aryl methyl sites for hydroxylation is 2. The van der Waals surface area contributed by atoms with E-state index in [-0.39, 0.29) is 12.8 Å². The molecule has 0 saturated carbocycles. The highest BCUT2D eigenvalue weighted by Crippen LogP contribution is 2.33. The Hall–Kier alpha value is -1.98. The molecule has 1 N–H and O–H groups in total. The van der Waals surface area contributed by atoms with Gasteiger partial charge in [0, 0.05) is 30.6 Å². The van der Waals surface area contributed by atoms with Crippen LogP contribution in [0.3, 0.4) is 0 Å². The molecule has 1 heterocycles. The summed E-state index contributed by atoms with van der Waals surface area (Å²) in [6.07, 6.45) is -2.61. The Bertz CT molecular complexity index is 629. The molecular weight excluding hydrogens is 259 g/mol. The monoisotopic (exact) mass is 271 g/mol. The molecule has 0 bridgehead atoms. The summed E-state index contributed by atoms with van der Waals surface area (Å²) in [6, 6.07) is 3.51. The third-order valence-electron chi connectivity index (χ3n) is 3.01. The van der Waals surface area contributed by atoms with E-state index in [4.69, 9.17) is 5.11 Å². The van der Waals surface area contributed by atoms with Crippen molar-refractivity contribution >= 4 is 16.9 Å². The number of benzene rings is 1. The summed E-state index contributed by atoms with van der Waals surface area (Å²) in [6.45, 7) is 0. The molecule has 3 nitrogen and oxygen atoms in total. The lowest BCUT2D eigenvalue weighted by atomic mass is 10.1. The summed E-state index contributed by atoms with van der Waals surface area (Å²) in [5.41, 5.74) is 0.558. The standard InChI is InChI=1S/C13H12F3NO2/c1-17-7-8(2-5-12(18)19)10-6-9(13(14,15)16)3-4-11(10)17/h3-4,6-7H,2,5H2,1H3,(H,18,19). The minimum Gasteiger partial charge on any atom is -0.481 e. The van der Waals surface area contributed by atoms with Gasteiger partial charge in [0.2, 0.25) is 0 Å². The van der Waals surface area contributed by atoms with E-state index >= 15 is 0 Å². The number of nitrogens with zero attached hydrogens (tertiary/aromatic N) is 1. The molecule has 0 aliphatic carbocycles. The van der Waals surface area contributed by atoms with E-state index in [0.717, 1.165) is 12.1 Å². The van der Waals surface area contributed by atoms with Gasteiger partial charge in [0.15, 0.2) is 0 Å². The highest BCUT2D eigenvalue weighted by molar-refractivity contribution is 5.85. The van der Waals surface area contributed by atoms with Gasteiger partial charge in [0.1, 0.15) is 0 Å². The Morgan fingerprint density at radius 1 is 1.37 bits per heavy atom. The fraction of sp³-hybridized carbons (Fsp3) is 0.308. The lowest BCUT2D eigenvalue weighted by Gasteiger charge is -2.07. The Morgan fingerprint density at radius 2 is 2.05 bits per heavy atom. The Labute approximate surface area is 107 Å². The van der Waals surface area contributed by atoms with E-state index in [1.54, 1.807) is 17.8 Å². The number of hydrogen-bond acceptors (Lipinski definition) is 1. The molecule has 2 rings (SSSR count). The van der Waals surface area contributed by atoms with Gasteiger partial charge >= 0.3 is 12.1 Å².